The van der Waals surface area contributed by atoms with Crippen LogP contribution in [0.15, 0.2) is 54.6 Å². The standard InChI is InChI=1S/C29H32ClNO3/c1-21-24(20-34-29-13-12-23(19-32)18-27(29)30)8-5-9-25(21)26-10-6-11-28(22(26)2)33-17-7-16-31-14-3-4-15-31/h5-6,8-13,18-19H,3-4,7,14-17,20H2,1-2H3. The molecule has 0 aliphatic carbocycles. The number of rotatable bonds is 10. The van der Waals surface area contributed by atoms with Gasteiger partial charge in [0.1, 0.15) is 24.4 Å². The van der Waals surface area contributed by atoms with Crippen LogP contribution in [0.3, 0.4) is 0 Å². The second-order valence-corrected chi connectivity index (χ2v) is 9.27. The molecule has 0 saturated carbocycles. The lowest BCUT2D eigenvalue weighted by Crippen LogP contribution is -2.22. The van der Waals surface area contributed by atoms with Crippen molar-refractivity contribution in [2.45, 2.75) is 39.7 Å². The Morgan fingerprint density at radius 1 is 0.912 bits per heavy atom. The molecule has 0 spiro atoms. The number of hydrogen-bond donors (Lipinski definition) is 0. The summed E-state index contributed by atoms with van der Waals surface area (Å²) in [6.07, 6.45) is 4.47. The molecule has 0 atom stereocenters. The highest BCUT2D eigenvalue weighted by Crippen LogP contribution is 2.34. The molecule has 0 bridgehead atoms. The van der Waals surface area contributed by atoms with Crippen LogP contribution in [0.5, 0.6) is 11.5 Å². The van der Waals surface area contributed by atoms with Crippen molar-refractivity contribution in [3.05, 3.63) is 81.9 Å². The number of ether oxygens (including phenoxy) is 2. The van der Waals surface area contributed by atoms with Crippen LogP contribution in [0, 0.1) is 13.8 Å². The lowest BCUT2D eigenvalue weighted by molar-refractivity contribution is 0.112. The Kier molecular flexibility index (Phi) is 8.25. The fourth-order valence-electron chi connectivity index (χ4n) is 4.53. The highest BCUT2D eigenvalue weighted by Gasteiger charge is 2.14. The van der Waals surface area contributed by atoms with Gasteiger partial charge in [0.15, 0.2) is 0 Å². The summed E-state index contributed by atoms with van der Waals surface area (Å²) in [5.74, 6) is 1.51. The molecule has 3 aromatic carbocycles. The molecular formula is C29H32ClNO3. The summed E-state index contributed by atoms with van der Waals surface area (Å²) in [5, 5.41) is 0.434. The summed E-state index contributed by atoms with van der Waals surface area (Å²) in [6.45, 7) is 8.94. The van der Waals surface area contributed by atoms with Gasteiger partial charge in [0.2, 0.25) is 0 Å². The SMILES string of the molecule is Cc1c(COc2ccc(C=O)cc2Cl)cccc1-c1cccc(OCCCN2CCCC2)c1C. The Balaban J connectivity index is 1.45. The van der Waals surface area contributed by atoms with E-state index in [1.807, 2.05) is 0 Å². The minimum Gasteiger partial charge on any atom is -0.493 e. The Labute approximate surface area is 207 Å². The summed E-state index contributed by atoms with van der Waals surface area (Å²) < 4.78 is 12.2. The van der Waals surface area contributed by atoms with Gasteiger partial charge in [-0.15, -0.1) is 0 Å². The van der Waals surface area contributed by atoms with Crippen LogP contribution in [0.1, 0.15) is 46.3 Å². The molecule has 4 rings (SSSR count). The predicted octanol–water partition coefficient (Wildman–Crippen LogP) is 6.88. The molecule has 0 N–H and O–H groups in total. The molecule has 3 aromatic rings. The first-order valence-electron chi connectivity index (χ1n) is 12.0. The van der Waals surface area contributed by atoms with Gasteiger partial charge in [-0.25, -0.2) is 0 Å². The van der Waals surface area contributed by atoms with Crippen LogP contribution in [0.25, 0.3) is 11.1 Å². The van der Waals surface area contributed by atoms with E-state index < -0.39 is 0 Å². The zero-order valence-corrected chi connectivity index (χ0v) is 20.7. The fraction of sp³-hybridized carbons (Fsp3) is 0.345. The van der Waals surface area contributed by atoms with Gasteiger partial charge < -0.3 is 14.4 Å². The maximum Gasteiger partial charge on any atom is 0.150 e. The van der Waals surface area contributed by atoms with Crippen molar-refractivity contribution in [2.24, 2.45) is 0 Å². The molecular weight excluding hydrogens is 446 g/mol. The Morgan fingerprint density at radius 3 is 2.38 bits per heavy atom. The van der Waals surface area contributed by atoms with Crippen molar-refractivity contribution in [1.29, 1.82) is 0 Å². The molecule has 1 aliphatic heterocycles. The molecule has 5 heteroatoms. The maximum atomic E-state index is 10.9. The summed E-state index contributed by atoms with van der Waals surface area (Å²) in [4.78, 5) is 13.5. The summed E-state index contributed by atoms with van der Waals surface area (Å²) >= 11 is 6.27. The predicted molar refractivity (Wildman–Crippen MR) is 138 cm³/mol. The monoisotopic (exact) mass is 477 g/mol. The zero-order valence-electron chi connectivity index (χ0n) is 20.0. The summed E-state index contributed by atoms with van der Waals surface area (Å²) in [7, 11) is 0. The molecule has 1 fully saturated rings. The zero-order chi connectivity index (χ0) is 23.9. The molecule has 34 heavy (non-hydrogen) atoms. The number of halogens is 1. The number of hydrogen-bond acceptors (Lipinski definition) is 4. The first-order chi connectivity index (χ1) is 16.6. The van der Waals surface area contributed by atoms with Gasteiger partial charge in [0, 0.05) is 12.1 Å². The molecule has 0 unspecified atom stereocenters. The third-order valence-corrected chi connectivity index (χ3v) is 6.87. The first-order valence-corrected chi connectivity index (χ1v) is 12.4. The highest BCUT2D eigenvalue weighted by atomic mass is 35.5. The van der Waals surface area contributed by atoms with E-state index in [9.17, 15) is 4.79 Å². The summed E-state index contributed by atoms with van der Waals surface area (Å²) in [5.41, 5.74) is 6.27. The number of benzene rings is 3. The minimum absolute atomic E-state index is 0.394. The largest absolute Gasteiger partial charge is 0.493 e. The van der Waals surface area contributed by atoms with Gasteiger partial charge in [-0.2, -0.15) is 0 Å². The second kappa shape index (κ2) is 11.5. The van der Waals surface area contributed by atoms with Crippen LogP contribution in [-0.4, -0.2) is 37.4 Å². The van der Waals surface area contributed by atoms with Gasteiger partial charge >= 0.3 is 0 Å². The van der Waals surface area contributed by atoms with Crippen molar-refractivity contribution in [3.8, 4) is 22.6 Å². The smallest absolute Gasteiger partial charge is 0.150 e. The Bertz CT molecular complexity index is 1140. The quantitative estimate of drug-likeness (QED) is 0.235. The Hall–Kier alpha value is -2.82. The molecule has 0 amide bonds. The van der Waals surface area contributed by atoms with Crippen molar-refractivity contribution in [2.75, 3.05) is 26.2 Å². The second-order valence-electron chi connectivity index (χ2n) is 8.87. The normalized spacial score (nSPS) is 13.7. The van der Waals surface area contributed by atoms with E-state index >= 15 is 0 Å². The molecule has 0 aromatic heterocycles. The lowest BCUT2D eigenvalue weighted by atomic mass is 9.93. The highest BCUT2D eigenvalue weighted by molar-refractivity contribution is 6.32. The van der Waals surface area contributed by atoms with Crippen molar-refractivity contribution < 1.29 is 14.3 Å². The minimum atomic E-state index is 0.394. The maximum absolute atomic E-state index is 10.9. The van der Waals surface area contributed by atoms with Crippen LogP contribution >= 0.6 is 11.6 Å². The average molecular weight is 478 g/mol. The van der Waals surface area contributed by atoms with Gasteiger partial charge in [-0.1, -0.05) is 41.9 Å². The van der Waals surface area contributed by atoms with E-state index in [0.717, 1.165) is 48.3 Å². The lowest BCUT2D eigenvalue weighted by Gasteiger charge is -2.18. The number of aldehydes is 1. The number of nitrogens with zero attached hydrogens (tertiary/aromatic N) is 1. The number of carbonyl (C=O) groups is 1. The van der Waals surface area contributed by atoms with Gasteiger partial charge in [0.25, 0.3) is 0 Å². The third-order valence-electron chi connectivity index (χ3n) is 6.57. The number of carbonyl (C=O) groups excluding carboxylic acids is 1. The van der Waals surface area contributed by atoms with Crippen LogP contribution < -0.4 is 9.47 Å². The molecule has 0 radical (unpaired) electrons. The third kappa shape index (κ3) is 5.81. The van der Waals surface area contributed by atoms with Crippen LogP contribution in [0.2, 0.25) is 5.02 Å². The van der Waals surface area contributed by atoms with E-state index in [0.29, 0.717) is 22.9 Å². The van der Waals surface area contributed by atoms with E-state index in [-0.39, 0.29) is 0 Å². The van der Waals surface area contributed by atoms with E-state index in [2.05, 4.69) is 55.1 Å². The van der Waals surface area contributed by atoms with Crippen molar-refractivity contribution in [1.82, 2.24) is 4.90 Å². The number of likely N-dealkylation sites (tertiary alicyclic amines) is 1. The van der Waals surface area contributed by atoms with Crippen LogP contribution in [0.4, 0.5) is 0 Å². The molecule has 1 aliphatic rings. The Morgan fingerprint density at radius 2 is 1.65 bits per heavy atom. The fourth-order valence-corrected chi connectivity index (χ4v) is 4.78. The van der Waals surface area contributed by atoms with Crippen molar-refractivity contribution >= 4 is 17.9 Å². The van der Waals surface area contributed by atoms with Gasteiger partial charge in [-0.3, -0.25) is 4.79 Å². The molecule has 1 saturated heterocycles. The topological polar surface area (TPSA) is 38.8 Å². The van der Waals surface area contributed by atoms with Gasteiger partial charge in [0.05, 0.1) is 11.6 Å². The molecule has 1 heterocycles. The first kappa shape index (κ1) is 24.3. The van der Waals surface area contributed by atoms with E-state index in [4.69, 9.17) is 21.1 Å². The molecule has 178 valence electrons. The van der Waals surface area contributed by atoms with Crippen LogP contribution in [-0.2, 0) is 6.61 Å². The average Bonchev–Trinajstić information content (AvgIpc) is 3.36. The van der Waals surface area contributed by atoms with E-state index in [1.165, 1.54) is 37.1 Å². The van der Waals surface area contributed by atoms with E-state index in [1.54, 1.807) is 18.2 Å². The summed E-state index contributed by atoms with van der Waals surface area (Å²) in [6, 6.07) is 17.6. The van der Waals surface area contributed by atoms with Crippen molar-refractivity contribution in [3.63, 3.8) is 0 Å². The van der Waals surface area contributed by atoms with Gasteiger partial charge in [-0.05, 0) is 98.3 Å². The molecule has 4 nitrogen and oxygen atoms in total.